The number of amides is 1. The van der Waals surface area contributed by atoms with Crippen molar-refractivity contribution in [1.82, 2.24) is 0 Å². The lowest BCUT2D eigenvalue weighted by Gasteiger charge is -2.18. The van der Waals surface area contributed by atoms with Crippen molar-refractivity contribution >= 4 is 28.9 Å². The van der Waals surface area contributed by atoms with Gasteiger partial charge in [-0.05, 0) is 61.7 Å². The molecular formula is C19H21ClN2O2. The number of hydrogen-bond acceptors (Lipinski definition) is 3. The van der Waals surface area contributed by atoms with Crippen LogP contribution in [0.3, 0.4) is 0 Å². The smallest absolute Gasteiger partial charge is 0.262 e. The normalized spacial score (nSPS) is 13.8. The number of ether oxygens (including phenoxy) is 1. The van der Waals surface area contributed by atoms with Gasteiger partial charge in [0, 0.05) is 29.5 Å². The Labute approximate surface area is 147 Å². The van der Waals surface area contributed by atoms with E-state index in [1.54, 1.807) is 12.1 Å². The number of rotatable bonds is 5. The SMILES string of the molecule is Cc1cc(OCC(=O)Nc2cccc(N3CCCC3)c2)ccc1Cl. The molecule has 4 nitrogen and oxygen atoms in total. The Bertz CT molecular complexity index is 727. The topological polar surface area (TPSA) is 41.6 Å². The monoisotopic (exact) mass is 344 g/mol. The van der Waals surface area contributed by atoms with Crippen molar-refractivity contribution in [3.63, 3.8) is 0 Å². The third kappa shape index (κ3) is 4.20. The van der Waals surface area contributed by atoms with Crippen LogP contribution in [0.5, 0.6) is 5.75 Å². The van der Waals surface area contributed by atoms with Gasteiger partial charge in [0.1, 0.15) is 5.75 Å². The Morgan fingerprint density at radius 3 is 2.75 bits per heavy atom. The van der Waals surface area contributed by atoms with Crippen LogP contribution in [0.25, 0.3) is 0 Å². The molecule has 0 aromatic heterocycles. The average Bonchev–Trinajstić information content (AvgIpc) is 3.11. The van der Waals surface area contributed by atoms with E-state index in [2.05, 4.69) is 16.3 Å². The van der Waals surface area contributed by atoms with E-state index in [0.717, 1.165) is 30.0 Å². The fourth-order valence-electron chi connectivity index (χ4n) is 2.81. The molecule has 0 unspecified atom stereocenters. The summed E-state index contributed by atoms with van der Waals surface area (Å²) in [5, 5.41) is 3.57. The van der Waals surface area contributed by atoms with Gasteiger partial charge in [0.25, 0.3) is 5.91 Å². The molecule has 126 valence electrons. The summed E-state index contributed by atoms with van der Waals surface area (Å²) in [5.41, 5.74) is 2.87. The highest BCUT2D eigenvalue weighted by atomic mass is 35.5. The fraction of sp³-hybridized carbons (Fsp3) is 0.316. The molecule has 0 radical (unpaired) electrons. The molecular weight excluding hydrogens is 324 g/mol. The summed E-state index contributed by atoms with van der Waals surface area (Å²) in [5.74, 6) is 0.457. The van der Waals surface area contributed by atoms with Gasteiger partial charge in [-0.15, -0.1) is 0 Å². The van der Waals surface area contributed by atoms with Crippen LogP contribution in [0.4, 0.5) is 11.4 Å². The summed E-state index contributed by atoms with van der Waals surface area (Å²) in [4.78, 5) is 14.4. The van der Waals surface area contributed by atoms with E-state index in [-0.39, 0.29) is 12.5 Å². The van der Waals surface area contributed by atoms with Crippen LogP contribution in [0.15, 0.2) is 42.5 Å². The van der Waals surface area contributed by atoms with Crippen LogP contribution in [-0.4, -0.2) is 25.6 Å². The number of carbonyl (C=O) groups excluding carboxylic acids is 1. The predicted octanol–water partition coefficient (Wildman–Crippen LogP) is 4.27. The molecule has 1 heterocycles. The summed E-state index contributed by atoms with van der Waals surface area (Å²) in [6.45, 7) is 4.03. The number of benzene rings is 2. The van der Waals surface area contributed by atoms with E-state index >= 15 is 0 Å². The Hall–Kier alpha value is -2.20. The second-order valence-corrected chi connectivity index (χ2v) is 6.40. The van der Waals surface area contributed by atoms with E-state index in [0.29, 0.717) is 10.8 Å². The molecule has 0 spiro atoms. The number of hydrogen-bond donors (Lipinski definition) is 1. The molecule has 1 saturated heterocycles. The molecule has 0 atom stereocenters. The minimum absolute atomic E-state index is 0.0327. The predicted molar refractivity (Wildman–Crippen MR) is 98.2 cm³/mol. The third-order valence-electron chi connectivity index (χ3n) is 4.10. The maximum atomic E-state index is 12.1. The second kappa shape index (κ2) is 7.58. The molecule has 1 aliphatic rings. The summed E-state index contributed by atoms with van der Waals surface area (Å²) in [6, 6.07) is 13.3. The van der Waals surface area contributed by atoms with Gasteiger partial charge in [-0.2, -0.15) is 0 Å². The van der Waals surface area contributed by atoms with Crippen LogP contribution in [0, 0.1) is 6.92 Å². The first-order chi connectivity index (χ1) is 11.6. The fourth-order valence-corrected chi connectivity index (χ4v) is 2.93. The first-order valence-corrected chi connectivity index (χ1v) is 8.53. The minimum Gasteiger partial charge on any atom is -0.484 e. The molecule has 1 aliphatic heterocycles. The van der Waals surface area contributed by atoms with E-state index in [1.807, 2.05) is 31.2 Å². The zero-order chi connectivity index (χ0) is 16.9. The third-order valence-corrected chi connectivity index (χ3v) is 4.52. The number of nitrogens with zero attached hydrogens (tertiary/aromatic N) is 1. The zero-order valence-corrected chi connectivity index (χ0v) is 14.5. The molecule has 1 amide bonds. The van der Waals surface area contributed by atoms with Crippen LogP contribution in [0.2, 0.25) is 5.02 Å². The van der Waals surface area contributed by atoms with Crippen molar-refractivity contribution in [1.29, 1.82) is 0 Å². The number of anilines is 2. The average molecular weight is 345 g/mol. The maximum Gasteiger partial charge on any atom is 0.262 e. The molecule has 3 rings (SSSR count). The summed E-state index contributed by atoms with van der Waals surface area (Å²) < 4.78 is 5.52. The number of halogens is 1. The molecule has 5 heteroatoms. The molecule has 1 N–H and O–H groups in total. The lowest BCUT2D eigenvalue weighted by molar-refractivity contribution is -0.118. The lowest BCUT2D eigenvalue weighted by Crippen LogP contribution is -2.21. The quantitative estimate of drug-likeness (QED) is 0.880. The number of aryl methyl sites for hydroxylation is 1. The van der Waals surface area contributed by atoms with Crippen molar-refractivity contribution < 1.29 is 9.53 Å². The lowest BCUT2D eigenvalue weighted by atomic mass is 10.2. The number of nitrogens with one attached hydrogen (secondary N) is 1. The molecule has 24 heavy (non-hydrogen) atoms. The van der Waals surface area contributed by atoms with Crippen LogP contribution >= 0.6 is 11.6 Å². The first-order valence-electron chi connectivity index (χ1n) is 8.15. The molecule has 2 aromatic carbocycles. The largest absolute Gasteiger partial charge is 0.484 e. The Morgan fingerprint density at radius 1 is 1.21 bits per heavy atom. The van der Waals surface area contributed by atoms with Gasteiger partial charge in [-0.25, -0.2) is 0 Å². The summed E-state index contributed by atoms with van der Waals surface area (Å²) >= 11 is 5.98. The maximum absolute atomic E-state index is 12.1. The standard InChI is InChI=1S/C19H21ClN2O2/c1-14-11-17(7-8-18(14)20)24-13-19(23)21-15-5-4-6-16(12-15)22-9-2-3-10-22/h4-8,11-12H,2-3,9-10,13H2,1H3,(H,21,23). The van der Waals surface area contributed by atoms with Gasteiger partial charge in [0.05, 0.1) is 0 Å². The van der Waals surface area contributed by atoms with Crippen LogP contribution in [0.1, 0.15) is 18.4 Å². The zero-order valence-electron chi connectivity index (χ0n) is 13.7. The van der Waals surface area contributed by atoms with Crippen molar-refractivity contribution in [2.45, 2.75) is 19.8 Å². The molecule has 0 bridgehead atoms. The van der Waals surface area contributed by atoms with Crippen molar-refractivity contribution in [3.05, 3.63) is 53.1 Å². The summed E-state index contributed by atoms with van der Waals surface area (Å²) in [6.07, 6.45) is 2.45. The van der Waals surface area contributed by atoms with Gasteiger partial charge in [-0.3, -0.25) is 4.79 Å². The van der Waals surface area contributed by atoms with E-state index < -0.39 is 0 Å². The van der Waals surface area contributed by atoms with Crippen LogP contribution < -0.4 is 15.0 Å². The molecule has 0 aliphatic carbocycles. The van der Waals surface area contributed by atoms with E-state index in [1.165, 1.54) is 12.8 Å². The minimum atomic E-state index is -0.179. The van der Waals surface area contributed by atoms with Gasteiger partial charge in [0.2, 0.25) is 0 Å². The number of carbonyl (C=O) groups is 1. The second-order valence-electron chi connectivity index (χ2n) is 5.99. The Kier molecular flexibility index (Phi) is 5.26. The van der Waals surface area contributed by atoms with Crippen molar-refractivity contribution in [2.75, 3.05) is 29.9 Å². The highest BCUT2D eigenvalue weighted by Gasteiger charge is 2.13. The summed E-state index contributed by atoms with van der Waals surface area (Å²) in [7, 11) is 0. The van der Waals surface area contributed by atoms with Crippen LogP contribution in [-0.2, 0) is 4.79 Å². The highest BCUT2D eigenvalue weighted by Crippen LogP contribution is 2.24. The van der Waals surface area contributed by atoms with E-state index in [9.17, 15) is 4.79 Å². The van der Waals surface area contributed by atoms with Gasteiger partial charge in [0.15, 0.2) is 6.61 Å². The highest BCUT2D eigenvalue weighted by molar-refractivity contribution is 6.31. The Balaban J connectivity index is 1.56. The van der Waals surface area contributed by atoms with Gasteiger partial charge in [-0.1, -0.05) is 17.7 Å². The van der Waals surface area contributed by atoms with Crippen molar-refractivity contribution in [2.24, 2.45) is 0 Å². The first kappa shape index (κ1) is 16.7. The van der Waals surface area contributed by atoms with Gasteiger partial charge < -0.3 is 15.0 Å². The molecule has 0 saturated carbocycles. The van der Waals surface area contributed by atoms with Gasteiger partial charge >= 0.3 is 0 Å². The van der Waals surface area contributed by atoms with Crippen molar-refractivity contribution in [3.8, 4) is 5.75 Å². The molecule has 2 aromatic rings. The molecule has 1 fully saturated rings. The Morgan fingerprint density at radius 2 is 2.00 bits per heavy atom. The van der Waals surface area contributed by atoms with E-state index in [4.69, 9.17) is 16.3 Å².